The molecule has 3 rings (SSSR count). The summed E-state index contributed by atoms with van der Waals surface area (Å²) in [7, 11) is -3.45. The van der Waals surface area contributed by atoms with Gasteiger partial charge in [0.15, 0.2) is 15.7 Å². The minimum atomic E-state index is -3.45. The lowest BCUT2D eigenvalue weighted by Crippen LogP contribution is -2.36. The minimum Gasteiger partial charge on any atom is -0.378 e. The van der Waals surface area contributed by atoms with E-state index < -0.39 is 15.1 Å². The molecule has 1 saturated heterocycles. The van der Waals surface area contributed by atoms with Crippen LogP contribution in [0.1, 0.15) is 13.8 Å². The molecular weight excluding hydrogens is 376 g/mol. The topological polar surface area (TPSA) is 84.4 Å². The van der Waals surface area contributed by atoms with Crippen molar-refractivity contribution in [2.75, 3.05) is 36.5 Å². The largest absolute Gasteiger partial charge is 0.378 e. The van der Waals surface area contributed by atoms with Gasteiger partial charge in [-0.25, -0.2) is 13.4 Å². The zero-order chi connectivity index (χ0) is 18.7. The molecule has 140 valence electrons. The van der Waals surface area contributed by atoms with E-state index in [2.05, 4.69) is 20.2 Å². The van der Waals surface area contributed by atoms with Crippen LogP contribution < -0.4 is 10.2 Å². The molecule has 0 amide bonds. The van der Waals surface area contributed by atoms with E-state index in [9.17, 15) is 8.42 Å². The Morgan fingerprint density at radius 1 is 1.23 bits per heavy atom. The molecule has 1 fully saturated rings. The van der Waals surface area contributed by atoms with Crippen molar-refractivity contribution in [3.05, 3.63) is 35.7 Å². The van der Waals surface area contributed by atoms with Gasteiger partial charge in [-0.1, -0.05) is 12.1 Å². The van der Waals surface area contributed by atoms with Crippen LogP contribution in [0.25, 0.3) is 0 Å². The molecule has 1 N–H and O–H groups in total. The fraction of sp³-hybridized carbons (Fsp3) is 0.412. The van der Waals surface area contributed by atoms with Crippen molar-refractivity contribution in [1.82, 2.24) is 9.97 Å². The molecule has 0 radical (unpaired) electrons. The smallest absolute Gasteiger partial charge is 0.224 e. The van der Waals surface area contributed by atoms with E-state index in [1.807, 2.05) is 0 Å². The summed E-state index contributed by atoms with van der Waals surface area (Å²) in [4.78, 5) is 10.7. The van der Waals surface area contributed by atoms with Crippen LogP contribution in [0.2, 0.25) is 5.28 Å². The summed E-state index contributed by atoms with van der Waals surface area (Å²) in [5, 5.41) is 2.70. The van der Waals surface area contributed by atoms with Crippen molar-refractivity contribution in [2.24, 2.45) is 0 Å². The second kappa shape index (κ2) is 7.77. The molecule has 0 aliphatic carbocycles. The maximum atomic E-state index is 12.7. The molecule has 0 spiro atoms. The number of nitrogens with zero attached hydrogens (tertiary/aromatic N) is 3. The summed E-state index contributed by atoms with van der Waals surface area (Å²) in [6.07, 6.45) is 1.64. The Bertz CT molecular complexity index is 883. The second-order valence-corrected chi connectivity index (χ2v) is 9.00. The van der Waals surface area contributed by atoms with E-state index in [1.165, 1.54) is 0 Å². The van der Waals surface area contributed by atoms with Gasteiger partial charge in [0.25, 0.3) is 0 Å². The quantitative estimate of drug-likeness (QED) is 0.777. The number of morpholine rings is 1. The summed E-state index contributed by atoms with van der Waals surface area (Å²) in [6.45, 7) is 5.94. The fourth-order valence-corrected chi connectivity index (χ4v) is 4.02. The molecule has 0 atom stereocenters. The molecule has 1 aliphatic rings. The minimum absolute atomic E-state index is 0.0914. The molecule has 0 bridgehead atoms. The maximum Gasteiger partial charge on any atom is 0.224 e. The predicted octanol–water partition coefficient (Wildman–Crippen LogP) is 2.89. The number of halogens is 1. The van der Waals surface area contributed by atoms with Gasteiger partial charge >= 0.3 is 0 Å². The van der Waals surface area contributed by atoms with Crippen molar-refractivity contribution < 1.29 is 13.2 Å². The van der Waals surface area contributed by atoms with Crippen molar-refractivity contribution in [2.45, 2.75) is 24.0 Å². The van der Waals surface area contributed by atoms with E-state index >= 15 is 0 Å². The Morgan fingerprint density at radius 2 is 1.92 bits per heavy atom. The Labute approximate surface area is 158 Å². The summed E-state index contributed by atoms with van der Waals surface area (Å²) >= 11 is 5.98. The molecule has 1 aromatic heterocycles. The average molecular weight is 397 g/mol. The van der Waals surface area contributed by atoms with E-state index in [1.54, 1.807) is 44.3 Å². The molecule has 2 aromatic rings. The Morgan fingerprint density at radius 3 is 2.62 bits per heavy atom. The van der Waals surface area contributed by atoms with Crippen molar-refractivity contribution >= 4 is 38.6 Å². The number of para-hydroxylation sites is 1. The van der Waals surface area contributed by atoms with Gasteiger partial charge in [0.05, 0.1) is 40.9 Å². The van der Waals surface area contributed by atoms with E-state index in [4.69, 9.17) is 16.3 Å². The lowest BCUT2D eigenvalue weighted by molar-refractivity contribution is 0.122. The number of ether oxygens (including phenoxy) is 1. The van der Waals surface area contributed by atoms with Gasteiger partial charge in [-0.15, -0.1) is 0 Å². The normalized spacial score (nSPS) is 15.3. The SMILES string of the molecule is CC(C)S(=O)(=O)c1ccccc1Nc1nc(Cl)ncc1N1CCOCC1. The van der Waals surface area contributed by atoms with Crippen LogP contribution in [0.15, 0.2) is 35.4 Å². The molecular formula is C17H21ClN4O3S. The fourth-order valence-electron chi connectivity index (χ4n) is 2.68. The first-order valence-corrected chi connectivity index (χ1v) is 10.3. The molecule has 0 unspecified atom stereocenters. The summed E-state index contributed by atoms with van der Waals surface area (Å²) in [5.41, 5.74) is 1.22. The molecule has 26 heavy (non-hydrogen) atoms. The molecule has 7 nitrogen and oxygen atoms in total. The number of sulfone groups is 1. The van der Waals surface area contributed by atoms with Crippen molar-refractivity contribution in [1.29, 1.82) is 0 Å². The van der Waals surface area contributed by atoms with Gasteiger partial charge in [-0.2, -0.15) is 4.98 Å². The van der Waals surface area contributed by atoms with Crippen LogP contribution in [-0.4, -0.2) is 49.9 Å². The van der Waals surface area contributed by atoms with Crippen LogP contribution in [-0.2, 0) is 14.6 Å². The summed E-state index contributed by atoms with van der Waals surface area (Å²) < 4.78 is 30.7. The number of aromatic nitrogens is 2. The van der Waals surface area contributed by atoms with Gasteiger partial charge in [-0.05, 0) is 37.6 Å². The Balaban J connectivity index is 2.01. The standard InChI is InChI=1S/C17H21ClN4O3S/c1-12(2)26(23,24)15-6-4-3-5-13(15)20-16-14(11-19-17(18)21-16)22-7-9-25-10-8-22/h3-6,11-12H,7-10H2,1-2H3,(H,19,20,21). The zero-order valence-corrected chi connectivity index (χ0v) is 16.2. The summed E-state index contributed by atoms with van der Waals surface area (Å²) in [5.74, 6) is 0.471. The monoisotopic (exact) mass is 396 g/mol. The molecule has 2 heterocycles. The van der Waals surface area contributed by atoms with E-state index in [0.717, 1.165) is 5.69 Å². The number of anilines is 3. The summed E-state index contributed by atoms with van der Waals surface area (Å²) in [6, 6.07) is 6.79. The number of benzene rings is 1. The Hall–Kier alpha value is -1.90. The van der Waals surface area contributed by atoms with Crippen LogP contribution in [0, 0.1) is 0 Å². The molecule has 9 heteroatoms. The third-order valence-corrected chi connectivity index (χ3v) is 6.55. The van der Waals surface area contributed by atoms with Crippen molar-refractivity contribution in [3.63, 3.8) is 0 Å². The van der Waals surface area contributed by atoms with Crippen molar-refractivity contribution in [3.8, 4) is 0 Å². The van der Waals surface area contributed by atoms with Crippen LogP contribution >= 0.6 is 11.6 Å². The zero-order valence-electron chi connectivity index (χ0n) is 14.6. The molecule has 0 saturated carbocycles. The van der Waals surface area contributed by atoms with Gasteiger partial charge in [0.1, 0.15) is 0 Å². The first kappa shape index (κ1) is 18.9. The third-order valence-electron chi connectivity index (χ3n) is 4.16. The maximum absolute atomic E-state index is 12.7. The number of rotatable bonds is 5. The number of hydrogen-bond acceptors (Lipinski definition) is 7. The highest BCUT2D eigenvalue weighted by Gasteiger charge is 2.24. The van der Waals surface area contributed by atoms with Gasteiger partial charge in [-0.3, -0.25) is 0 Å². The van der Waals surface area contributed by atoms with Gasteiger partial charge < -0.3 is 15.0 Å². The van der Waals surface area contributed by atoms with E-state index in [0.29, 0.717) is 37.8 Å². The van der Waals surface area contributed by atoms with Crippen LogP contribution in [0.5, 0.6) is 0 Å². The number of nitrogens with one attached hydrogen (secondary N) is 1. The number of hydrogen-bond donors (Lipinski definition) is 1. The van der Waals surface area contributed by atoms with E-state index in [-0.39, 0.29) is 10.2 Å². The van der Waals surface area contributed by atoms with Crippen LogP contribution in [0.3, 0.4) is 0 Å². The lowest BCUT2D eigenvalue weighted by atomic mass is 10.3. The van der Waals surface area contributed by atoms with Crippen LogP contribution in [0.4, 0.5) is 17.2 Å². The highest BCUT2D eigenvalue weighted by Crippen LogP contribution is 2.32. The average Bonchev–Trinajstić information content (AvgIpc) is 2.63. The highest BCUT2D eigenvalue weighted by molar-refractivity contribution is 7.92. The molecule has 1 aromatic carbocycles. The highest BCUT2D eigenvalue weighted by atomic mass is 35.5. The molecule has 1 aliphatic heterocycles. The predicted molar refractivity (Wildman–Crippen MR) is 102 cm³/mol. The van der Waals surface area contributed by atoms with Gasteiger partial charge in [0, 0.05) is 13.1 Å². The first-order chi connectivity index (χ1) is 12.4. The lowest BCUT2D eigenvalue weighted by Gasteiger charge is -2.30. The first-order valence-electron chi connectivity index (χ1n) is 8.35. The third kappa shape index (κ3) is 3.92. The second-order valence-electron chi connectivity index (χ2n) is 6.19. The Kier molecular flexibility index (Phi) is 5.64. The van der Waals surface area contributed by atoms with Gasteiger partial charge in [0.2, 0.25) is 5.28 Å².